The number of nitrogens with zero attached hydrogens (tertiary/aromatic N) is 1. The highest BCUT2D eigenvalue weighted by molar-refractivity contribution is 7.90. The van der Waals surface area contributed by atoms with E-state index in [1.165, 1.54) is 23.6 Å². The summed E-state index contributed by atoms with van der Waals surface area (Å²) in [5, 5.41) is 13.8. The van der Waals surface area contributed by atoms with Gasteiger partial charge in [0.05, 0.1) is 10.3 Å². The first kappa shape index (κ1) is 30.8. The highest BCUT2D eigenvalue weighted by atomic mass is 32.2. The molecule has 1 aliphatic heterocycles. The zero-order valence-electron chi connectivity index (χ0n) is 24.2. The largest absolute Gasteiger partial charge is 0.493 e. The summed E-state index contributed by atoms with van der Waals surface area (Å²) in [6.07, 6.45) is -0.198. The third-order valence-corrected chi connectivity index (χ3v) is 8.94. The lowest BCUT2D eigenvalue weighted by molar-refractivity contribution is -0.126. The average Bonchev–Trinajstić information content (AvgIpc) is 3.64. The lowest BCUT2D eigenvalue weighted by Gasteiger charge is -2.22. The number of carbonyl (C=O) groups is 2. The topological polar surface area (TPSA) is 153 Å². The van der Waals surface area contributed by atoms with Crippen LogP contribution in [0.25, 0.3) is 0 Å². The molecule has 13 heteroatoms. The standard InChI is InChI=1S/C31H31N3O8S2/c1-4-5-20-14-22(29(36)33-31-32-27(35)16-43-31)9-12-24(20)42-28(21-8-13-25-26(15-21)41-17-40-25)30(37)34-44(38,39)23-10-6-19(7-11-23)18(2)3/h6-16,18,28,35H,4-5,17H2,1-3H3,(H,34,37)(H,32,33,36). The van der Waals surface area contributed by atoms with Crippen LogP contribution in [0.1, 0.15) is 66.3 Å². The summed E-state index contributed by atoms with van der Waals surface area (Å²) in [7, 11) is -4.24. The first-order valence-electron chi connectivity index (χ1n) is 13.9. The van der Waals surface area contributed by atoms with Gasteiger partial charge in [0.2, 0.25) is 18.8 Å². The average molecular weight is 638 g/mol. The summed E-state index contributed by atoms with van der Waals surface area (Å²) in [5.41, 5.74) is 2.24. The number of rotatable bonds is 11. The molecule has 230 valence electrons. The van der Waals surface area contributed by atoms with Crippen molar-refractivity contribution in [3.05, 3.63) is 88.3 Å². The van der Waals surface area contributed by atoms with Crippen LogP contribution in [-0.2, 0) is 21.2 Å². The molecule has 5 rings (SSSR count). The van der Waals surface area contributed by atoms with Gasteiger partial charge in [-0.05, 0) is 65.9 Å². The highest BCUT2D eigenvalue weighted by Gasteiger charge is 2.30. The van der Waals surface area contributed by atoms with E-state index < -0.39 is 27.9 Å². The Balaban J connectivity index is 1.45. The molecule has 0 fully saturated rings. The second-order valence-corrected chi connectivity index (χ2v) is 12.9. The second-order valence-electron chi connectivity index (χ2n) is 10.3. The van der Waals surface area contributed by atoms with Crippen molar-refractivity contribution in [2.75, 3.05) is 12.1 Å². The zero-order chi connectivity index (χ0) is 31.4. The smallest absolute Gasteiger partial charge is 0.279 e. The minimum atomic E-state index is -4.24. The molecule has 0 saturated carbocycles. The molecule has 1 atom stereocenters. The fourth-order valence-corrected chi connectivity index (χ4v) is 6.10. The lowest BCUT2D eigenvalue weighted by Crippen LogP contribution is -2.37. The number of carbonyl (C=O) groups excluding carboxylic acids is 2. The van der Waals surface area contributed by atoms with Crippen molar-refractivity contribution < 1.29 is 37.3 Å². The number of sulfonamides is 1. The molecule has 3 aromatic carbocycles. The van der Waals surface area contributed by atoms with Crippen LogP contribution in [0.3, 0.4) is 0 Å². The Kier molecular flexibility index (Phi) is 9.06. The number of benzene rings is 3. The molecule has 2 heterocycles. The summed E-state index contributed by atoms with van der Waals surface area (Å²) in [4.78, 5) is 30.3. The van der Waals surface area contributed by atoms with Crippen molar-refractivity contribution in [3.63, 3.8) is 0 Å². The first-order valence-corrected chi connectivity index (χ1v) is 16.2. The Hall–Kier alpha value is -4.62. The van der Waals surface area contributed by atoms with Crippen molar-refractivity contribution in [2.24, 2.45) is 0 Å². The van der Waals surface area contributed by atoms with Gasteiger partial charge in [-0.15, -0.1) is 11.3 Å². The number of anilines is 1. The quantitative estimate of drug-likeness (QED) is 0.193. The predicted molar refractivity (Wildman–Crippen MR) is 164 cm³/mol. The molecule has 44 heavy (non-hydrogen) atoms. The number of hydrogen-bond acceptors (Lipinski definition) is 10. The maximum Gasteiger partial charge on any atom is 0.279 e. The Morgan fingerprint density at radius 1 is 1.02 bits per heavy atom. The van der Waals surface area contributed by atoms with Crippen LogP contribution in [0.5, 0.6) is 23.1 Å². The maximum atomic E-state index is 13.7. The Morgan fingerprint density at radius 3 is 2.43 bits per heavy atom. The van der Waals surface area contributed by atoms with Gasteiger partial charge in [-0.2, -0.15) is 4.98 Å². The zero-order valence-corrected chi connectivity index (χ0v) is 25.8. The Morgan fingerprint density at radius 2 is 1.75 bits per heavy atom. The molecule has 2 amide bonds. The number of fused-ring (bicyclic) bond motifs is 1. The summed E-state index contributed by atoms with van der Waals surface area (Å²) in [5.74, 6) is -0.158. The predicted octanol–water partition coefficient (Wildman–Crippen LogP) is 5.53. The van der Waals surface area contributed by atoms with Crippen LogP contribution in [0, 0.1) is 0 Å². The van der Waals surface area contributed by atoms with Crippen LogP contribution in [0.15, 0.2) is 70.9 Å². The van der Waals surface area contributed by atoms with E-state index in [0.29, 0.717) is 46.8 Å². The molecule has 0 radical (unpaired) electrons. The van der Waals surface area contributed by atoms with E-state index in [-0.39, 0.29) is 28.6 Å². The summed E-state index contributed by atoms with van der Waals surface area (Å²) >= 11 is 1.08. The maximum absolute atomic E-state index is 13.7. The van der Waals surface area contributed by atoms with E-state index in [0.717, 1.165) is 16.9 Å². The SMILES string of the molecule is CCCc1cc(C(=O)Nc2nc(O)cs2)ccc1OC(C(=O)NS(=O)(=O)c1ccc(C(C)C)cc1)c1ccc2c(c1)OCO2. The van der Waals surface area contributed by atoms with Gasteiger partial charge in [-0.1, -0.05) is 45.4 Å². The van der Waals surface area contributed by atoms with Gasteiger partial charge >= 0.3 is 0 Å². The van der Waals surface area contributed by atoms with Gasteiger partial charge in [-0.25, -0.2) is 13.1 Å². The van der Waals surface area contributed by atoms with E-state index in [1.54, 1.807) is 42.5 Å². The normalized spacial score (nSPS) is 13.0. The first-order chi connectivity index (χ1) is 21.0. The van der Waals surface area contributed by atoms with Crippen LogP contribution in [0.4, 0.5) is 5.13 Å². The van der Waals surface area contributed by atoms with E-state index in [9.17, 15) is 23.1 Å². The minimum absolute atomic E-state index is 0.0159. The van der Waals surface area contributed by atoms with Crippen LogP contribution < -0.4 is 24.2 Å². The molecule has 0 saturated heterocycles. The monoisotopic (exact) mass is 637 g/mol. The number of aryl methyl sites for hydroxylation is 1. The number of aromatic hydroxyl groups is 1. The van der Waals surface area contributed by atoms with Gasteiger partial charge in [0.25, 0.3) is 21.8 Å². The van der Waals surface area contributed by atoms with Crippen LogP contribution in [0.2, 0.25) is 0 Å². The number of aromatic nitrogens is 1. The molecular formula is C31H31N3O8S2. The van der Waals surface area contributed by atoms with Gasteiger partial charge in [-0.3, -0.25) is 14.9 Å². The fraction of sp³-hybridized carbons (Fsp3) is 0.258. The minimum Gasteiger partial charge on any atom is -0.493 e. The molecule has 1 unspecified atom stereocenters. The van der Waals surface area contributed by atoms with Gasteiger partial charge in [0.1, 0.15) is 5.75 Å². The molecule has 0 bridgehead atoms. The van der Waals surface area contributed by atoms with E-state index in [2.05, 4.69) is 15.0 Å². The van der Waals surface area contributed by atoms with Crippen molar-refractivity contribution >= 4 is 38.3 Å². The molecule has 3 N–H and O–H groups in total. The molecular weight excluding hydrogens is 606 g/mol. The summed E-state index contributed by atoms with van der Waals surface area (Å²) in [6.45, 7) is 5.96. The van der Waals surface area contributed by atoms with Crippen molar-refractivity contribution in [1.29, 1.82) is 0 Å². The Bertz CT molecular complexity index is 1790. The van der Waals surface area contributed by atoms with Gasteiger partial charge in [0.15, 0.2) is 16.6 Å². The summed E-state index contributed by atoms with van der Waals surface area (Å²) < 4.78 is 45.8. The molecule has 11 nitrogen and oxygen atoms in total. The third kappa shape index (κ3) is 6.95. The van der Waals surface area contributed by atoms with Crippen LogP contribution >= 0.6 is 11.3 Å². The molecule has 0 aliphatic carbocycles. The van der Waals surface area contributed by atoms with Crippen molar-refractivity contribution in [2.45, 2.75) is 50.5 Å². The number of nitrogens with one attached hydrogen (secondary N) is 2. The van der Waals surface area contributed by atoms with E-state index in [4.69, 9.17) is 14.2 Å². The van der Waals surface area contributed by atoms with Crippen molar-refractivity contribution in [3.8, 4) is 23.1 Å². The molecule has 1 aromatic heterocycles. The summed E-state index contributed by atoms with van der Waals surface area (Å²) in [6, 6.07) is 15.9. The second kappa shape index (κ2) is 12.9. The number of hydrogen-bond donors (Lipinski definition) is 3. The van der Waals surface area contributed by atoms with Gasteiger partial charge in [0, 0.05) is 11.1 Å². The number of amides is 2. The van der Waals surface area contributed by atoms with E-state index >= 15 is 0 Å². The van der Waals surface area contributed by atoms with Crippen molar-refractivity contribution in [1.82, 2.24) is 9.71 Å². The number of thiazole rings is 1. The lowest BCUT2D eigenvalue weighted by atomic mass is 10.0. The molecule has 4 aromatic rings. The molecule has 0 spiro atoms. The highest BCUT2D eigenvalue weighted by Crippen LogP contribution is 2.36. The van der Waals surface area contributed by atoms with E-state index in [1.807, 2.05) is 20.8 Å². The van der Waals surface area contributed by atoms with Gasteiger partial charge < -0.3 is 19.3 Å². The molecule has 1 aliphatic rings. The number of ether oxygens (including phenoxy) is 3. The third-order valence-electron chi connectivity index (χ3n) is 6.83. The van der Waals surface area contributed by atoms with Crippen LogP contribution in [-0.4, -0.2) is 37.1 Å². The fourth-order valence-electron chi connectivity index (χ4n) is 4.55. The Labute approximate surface area is 258 Å².